The summed E-state index contributed by atoms with van der Waals surface area (Å²) >= 11 is 0. The molecule has 2 bridgehead atoms. The van der Waals surface area contributed by atoms with Crippen LogP contribution in [-0.2, 0) is 29.2 Å². The quantitative estimate of drug-likeness (QED) is 0.0425. The standard InChI is InChI=1S/C57H57FN6O9/c58-44-17-11-38(12-18-44)34-64(56(69)60-45-19-13-37(14-20-45)32-59-33-50(66)47-21-23-49(65)54-48(47)22-24-52(67)61-54)29-30-71-55(68)42-15-9-39(10-16-42)36-72-46-8-4-7-43(31-46)53(41-5-2-1-3-6-41)62-57(70)73-51-35-63-27-25-40(51)26-28-63/h1-24,31,40,50-51,53,59,65-66H,25-30,32-36H2,(H,60,69)(H,61,67)(H,62,70)/t50-,51-,53?/m0/s1. The molecule has 3 amide bonds. The molecule has 6 aromatic carbocycles. The molecule has 3 aliphatic heterocycles. The van der Waals surface area contributed by atoms with E-state index in [1.165, 1.54) is 29.2 Å². The zero-order chi connectivity index (χ0) is 50.7. The van der Waals surface area contributed by atoms with Crippen molar-refractivity contribution in [2.75, 3.05) is 44.6 Å². The summed E-state index contributed by atoms with van der Waals surface area (Å²) in [6.07, 6.45) is 0.594. The summed E-state index contributed by atoms with van der Waals surface area (Å²) in [5.41, 5.74) is 5.39. The number of carbonyl (C=O) groups is 3. The number of piperidine rings is 3. The number of fused-ring (bicyclic) bond motifs is 4. The molecule has 10 rings (SSSR count). The second-order valence-corrected chi connectivity index (χ2v) is 18.4. The first-order valence-corrected chi connectivity index (χ1v) is 24.4. The van der Waals surface area contributed by atoms with Crippen LogP contribution in [0.3, 0.4) is 0 Å². The van der Waals surface area contributed by atoms with Crippen LogP contribution in [-0.4, -0.2) is 88.5 Å². The zero-order valence-electron chi connectivity index (χ0n) is 40.0. The van der Waals surface area contributed by atoms with E-state index in [2.05, 4.69) is 25.8 Å². The highest BCUT2D eigenvalue weighted by Gasteiger charge is 2.37. The van der Waals surface area contributed by atoms with E-state index in [1.807, 2.05) is 66.7 Å². The first-order chi connectivity index (χ1) is 35.5. The van der Waals surface area contributed by atoms with Gasteiger partial charge in [0, 0.05) is 43.3 Å². The number of nitrogens with zero attached hydrogens (tertiary/aromatic N) is 2. The Balaban J connectivity index is 0.758. The Kier molecular flexibility index (Phi) is 16.0. The third kappa shape index (κ3) is 13.1. The summed E-state index contributed by atoms with van der Waals surface area (Å²) in [7, 11) is 0. The van der Waals surface area contributed by atoms with Gasteiger partial charge in [-0.2, -0.15) is 0 Å². The van der Waals surface area contributed by atoms with E-state index in [1.54, 1.807) is 60.7 Å². The molecule has 376 valence electrons. The van der Waals surface area contributed by atoms with Crippen LogP contribution in [0.5, 0.6) is 11.5 Å². The Bertz CT molecular complexity index is 3060. The SMILES string of the molecule is O=C(NC(c1ccccc1)c1cccc(OCc2ccc(C(=O)OCCN(Cc3ccc(F)cc3)C(=O)Nc3ccc(CNC[C@H](O)c4ccc(O)c5[nH]c(=O)ccc45)cc3)cc2)c1)O[C@H]1CN2CCC1CC2. The molecule has 0 aliphatic carbocycles. The molecular formula is C57H57FN6O9. The maximum Gasteiger partial charge on any atom is 0.408 e. The van der Waals surface area contributed by atoms with Crippen LogP contribution >= 0.6 is 0 Å². The van der Waals surface area contributed by atoms with Gasteiger partial charge in [-0.15, -0.1) is 0 Å². The first kappa shape index (κ1) is 49.9. The highest BCUT2D eigenvalue weighted by Crippen LogP contribution is 2.32. The first-order valence-electron chi connectivity index (χ1n) is 24.4. The van der Waals surface area contributed by atoms with E-state index >= 15 is 0 Å². The second-order valence-electron chi connectivity index (χ2n) is 18.4. The number of H-pyrrole nitrogens is 1. The van der Waals surface area contributed by atoms with Crippen molar-refractivity contribution in [1.29, 1.82) is 0 Å². The van der Waals surface area contributed by atoms with Crippen molar-refractivity contribution >= 4 is 34.7 Å². The molecule has 1 aromatic heterocycles. The Morgan fingerprint density at radius 2 is 1.53 bits per heavy atom. The average molecular weight is 989 g/mol. The van der Waals surface area contributed by atoms with Crippen LogP contribution in [0.25, 0.3) is 10.9 Å². The summed E-state index contributed by atoms with van der Waals surface area (Å²) in [6.45, 7) is 3.74. The van der Waals surface area contributed by atoms with Crippen molar-refractivity contribution in [1.82, 2.24) is 25.4 Å². The van der Waals surface area contributed by atoms with Crippen LogP contribution < -0.4 is 26.2 Å². The monoisotopic (exact) mass is 988 g/mol. The van der Waals surface area contributed by atoms with Gasteiger partial charge in [0.25, 0.3) is 0 Å². The number of phenols is 1. The number of carbonyl (C=O) groups excluding carboxylic acids is 3. The van der Waals surface area contributed by atoms with Gasteiger partial charge in [-0.25, -0.2) is 18.8 Å². The van der Waals surface area contributed by atoms with Gasteiger partial charge in [-0.3, -0.25) is 9.69 Å². The molecule has 15 nitrogen and oxygen atoms in total. The zero-order valence-corrected chi connectivity index (χ0v) is 40.0. The number of aliphatic hydroxyl groups is 1. The van der Waals surface area contributed by atoms with Crippen molar-refractivity contribution in [2.45, 2.75) is 50.8 Å². The van der Waals surface area contributed by atoms with Crippen molar-refractivity contribution in [3.63, 3.8) is 0 Å². The lowest BCUT2D eigenvalue weighted by atomic mass is 9.86. The van der Waals surface area contributed by atoms with Crippen LogP contribution in [0.15, 0.2) is 156 Å². The number of pyridine rings is 1. The van der Waals surface area contributed by atoms with Gasteiger partial charge in [0.2, 0.25) is 5.56 Å². The summed E-state index contributed by atoms with van der Waals surface area (Å²) in [6, 6.07) is 42.2. The molecule has 1 unspecified atom stereocenters. The third-order valence-electron chi connectivity index (χ3n) is 13.3. The summed E-state index contributed by atoms with van der Waals surface area (Å²) < 4.78 is 31.6. The number of benzene rings is 6. The lowest BCUT2D eigenvalue weighted by Gasteiger charge is -2.43. The highest BCUT2D eigenvalue weighted by molar-refractivity contribution is 5.90. The van der Waals surface area contributed by atoms with Crippen LogP contribution in [0, 0.1) is 11.7 Å². The van der Waals surface area contributed by atoms with E-state index in [0.717, 1.165) is 54.7 Å². The van der Waals surface area contributed by atoms with Gasteiger partial charge < -0.3 is 50.3 Å². The average Bonchev–Trinajstić information content (AvgIpc) is 3.41. The fourth-order valence-corrected chi connectivity index (χ4v) is 9.34. The molecule has 7 aromatic rings. The molecule has 16 heteroatoms. The molecular weight excluding hydrogens is 932 g/mol. The normalized spacial score (nSPS) is 16.8. The van der Waals surface area contributed by atoms with Crippen molar-refractivity contribution in [3.8, 4) is 11.5 Å². The summed E-state index contributed by atoms with van der Waals surface area (Å²) in [5, 5.41) is 30.9. The van der Waals surface area contributed by atoms with Gasteiger partial charge in [0.15, 0.2) is 0 Å². The third-order valence-corrected chi connectivity index (χ3v) is 13.3. The van der Waals surface area contributed by atoms with Gasteiger partial charge in [-0.05, 0) is 126 Å². The number of ether oxygens (including phenoxy) is 3. The fourth-order valence-electron chi connectivity index (χ4n) is 9.34. The van der Waals surface area contributed by atoms with E-state index < -0.39 is 36.1 Å². The molecule has 3 aliphatic rings. The molecule has 0 saturated carbocycles. The molecule has 6 N–H and O–H groups in total. The smallest absolute Gasteiger partial charge is 0.408 e. The number of hydrogen-bond acceptors (Lipinski definition) is 11. The predicted octanol–water partition coefficient (Wildman–Crippen LogP) is 8.58. The number of esters is 1. The fraction of sp³-hybridized carbons (Fsp3) is 0.263. The molecule has 4 heterocycles. The predicted molar refractivity (Wildman–Crippen MR) is 274 cm³/mol. The number of aromatic amines is 1. The molecule has 3 atom stereocenters. The minimum atomic E-state index is -0.926. The van der Waals surface area contributed by atoms with Gasteiger partial charge >= 0.3 is 18.1 Å². The number of amides is 3. The Labute approximate surface area is 421 Å². The number of urea groups is 1. The topological polar surface area (TPSA) is 195 Å². The van der Waals surface area contributed by atoms with Crippen LogP contribution in [0.1, 0.15) is 68.7 Å². The van der Waals surface area contributed by atoms with Gasteiger partial charge in [0.05, 0.1) is 29.8 Å². The molecule has 0 spiro atoms. The number of nitrogens with one attached hydrogen (secondary N) is 4. The number of rotatable bonds is 19. The van der Waals surface area contributed by atoms with Crippen LogP contribution in [0.4, 0.5) is 19.7 Å². The second kappa shape index (κ2) is 23.5. The number of alkyl carbamates (subject to hydrolysis) is 1. The van der Waals surface area contributed by atoms with E-state index in [0.29, 0.717) is 46.0 Å². The maximum atomic E-state index is 13.8. The molecule has 3 fully saturated rings. The number of aromatic nitrogens is 1. The number of anilines is 1. The van der Waals surface area contributed by atoms with E-state index in [-0.39, 0.29) is 55.8 Å². The largest absolute Gasteiger partial charge is 0.506 e. The Hall–Kier alpha value is -8.05. The number of halogens is 1. The highest BCUT2D eigenvalue weighted by atomic mass is 19.1. The number of hydrogen-bond donors (Lipinski definition) is 6. The van der Waals surface area contributed by atoms with Crippen molar-refractivity contribution in [2.24, 2.45) is 5.92 Å². The van der Waals surface area contributed by atoms with E-state index in [9.17, 15) is 33.8 Å². The minimum absolute atomic E-state index is 0.0399. The molecule has 73 heavy (non-hydrogen) atoms. The number of aromatic hydroxyl groups is 1. The van der Waals surface area contributed by atoms with Crippen LogP contribution in [0.2, 0.25) is 0 Å². The van der Waals surface area contributed by atoms with E-state index in [4.69, 9.17) is 14.2 Å². The Morgan fingerprint density at radius 1 is 0.808 bits per heavy atom. The van der Waals surface area contributed by atoms with Gasteiger partial charge in [0.1, 0.15) is 36.6 Å². The van der Waals surface area contributed by atoms with Crippen molar-refractivity contribution in [3.05, 3.63) is 207 Å². The minimum Gasteiger partial charge on any atom is -0.506 e. The van der Waals surface area contributed by atoms with Gasteiger partial charge in [-0.1, -0.05) is 84.9 Å². The molecule has 3 saturated heterocycles. The lowest BCUT2D eigenvalue weighted by Crippen LogP contribution is -2.52. The maximum absolute atomic E-state index is 13.8. The summed E-state index contributed by atoms with van der Waals surface area (Å²) in [5.74, 6) is -0.0718. The number of aliphatic hydroxyl groups excluding tert-OH is 1. The Morgan fingerprint density at radius 3 is 2.27 bits per heavy atom. The molecule has 0 radical (unpaired) electrons. The number of phenolic OH excluding ortho intramolecular Hbond substituents is 1. The lowest BCUT2D eigenvalue weighted by molar-refractivity contribution is -0.0336. The van der Waals surface area contributed by atoms with Crippen molar-refractivity contribution < 1.29 is 43.2 Å². The summed E-state index contributed by atoms with van der Waals surface area (Å²) in [4.78, 5) is 58.4.